The van der Waals surface area contributed by atoms with E-state index >= 15 is 0 Å². The second-order valence-corrected chi connectivity index (χ2v) is 7.93. The van der Waals surface area contributed by atoms with Crippen LogP contribution < -0.4 is 5.32 Å². The van der Waals surface area contributed by atoms with Gasteiger partial charge in [0.25, 0.3) is 0 Å². The number of hydrogen-bond donors (Lipinski definition) is 2. The van der Waals surface area contributed by atoms with Crippen LogP contribution in [0.15, 0.2) is 54.6 Å². The zero-order chi connectivity index (χ0) is 20.3. The Kier molecular flexibility index (Phi) is 6.24. The second-order valence-electron chi connectivity index (χ2n) is 6.06. The van der Waals surface area contributed by atoms with Crippen molar-refractivity contribution in [2.45, 2.75) is 6.54 Å². The van der Waals surface area contributed by atoms with Crippen molar-refractivity contribution >= 4 is 52.2 Å². The summed E-state index contributed by atoms with van der Waals surface area (Å²) < 4.78 is 0. The molecule has 0 aliphatic heterocycles. The van der Waals surface area contributed by atoms with Crippen LogP contribution in [0.5, 0.6) is 0 Å². The van der Waals surface area contributed by atoms with Gasteiger partial charge in [0.15, 0.2) is 0 Å². The maximum Gasteiger partial charge on any atom is 0.348 e. The largest absolute Gasteiger partial charge is 0.477 e. The maximum atomic E-state index is 12.5. The van der Waals surface area contributed by atoms with Gasteiger partial charge >= 0.3 is 12.0 Å². The molecule has 0 saturated carbocycles. The molecule has 2 N–H and O–H groups in total. The maximum absolute atomic E-state index is 12.5. The van der Waals surface area contributed by atoms with Crippen molar-refractivity contribution in [1.82, 2.24) is 4.90 Å². The summed E-state index contributed by atoms with van der Waals surface area (Å²) >= 11 is 13.1. The summed E-state index contributed by atoms with van der Waals surface area (Å²) in [5.41, 5.74) is 1.93. The Hall–Kier alpha value is -2.54. The summed E-state index contributed by atoms with van der Waals surface area (Å²) in [5, 5.41) is 13.0. The van der Waals surface area contributed by atoms with Crippen LogP contribution in [-0.4, -0.2) is 29.1 Å². The van der Waals surface area contributed by atoms with E-state index in [9.17, 15) is 14.7 Å². The van der Waals surface area contributed by atoms with Gasteiger partial charge in [0, 0.05) is 18.5 Å². The van der Waals surface area contributed by atoms with Gasteiger partial charge in [0.05, 0.1) is 15.7 Å². The number of carbonyl (C=O) groups excluding carboxylic acids is 1. The molecule has 0 saturated heterocycles. The third kappa shape index (κ3) is 4.65. The predicted molar refractivity (Wildman–Crippen MR) is 114 cm³/mol. The molecule has 3 rings (SSSR count). The van der Waals surface area contributed by atoms with Crippen LogP contribution in [0.1, 0.15) is 15.2 Å². The molecule has 0 aliphatic rings. The number of carboxylic acid groups (broad SMARTS) is 1. The number of amides is 2. The molecule has 144 valence electrons. The standard InChI is InChI=1S/C20H16Cl2N2O3S/c1-24(11-12-5-3-2-4-6-12)20(27)23-16-10-17(28-18(16)19(25)26)13-7-8-14(21)15(22)9-13/h2-10H,11H2,1H3,(H,23,27)(H,25,26). The number of halogens is 2. The van der Waals surface area contributed by atoms with Gasteiger partial charge < -0.3 is 15.3 Å². The van der Waals surface area contributed by atoms with Crippen molar-refractivity contribution in [3.05, 3.63) is 75.1 Å². The lowest BCUT2D eigenvalue weighted by Gasteiger charge is -2.18. The molecular formula is C20H16Cl2N2O3S. The van der Waals surface area contributed by atoms with Crippen LogP contribution >= 0.6 is 34.5 Å². The SMILES string of the molecule is CN(Cc1ccccc1)C(=O)Nc1cc(-c2ccc(Cl)c(Cl)c2)sc1C(=O)O. The number of urea groups is 1. The number of aromatic carboxylic acids is 1. The lowest BCUT2D eigenvalue weighted by Crippen LogP contribution is -2.31. The molecule has 3 aromatic rings. The molecule has 1 aromatic heterocycles. The van der Waals surface area contributed by atoms with E-state index in [0.717, 1.165) is 22.5 Å². The number of nitrogens with one attached hydrogen (secondary N) is 1. The average Bonchev–Trinajstić information content (AvgIpc) is 3.09. The van der Waals surface area contributed by atoms with Crippen LogP contribution in [-0.2, 0) is 6.54 Å². The van der Waals surface area contributed by atoms with Crippen LogP contribution in [0, 0.1) is 0 Å². The van der Waals surface area contributed by atoms with E-state index in [4.69, 9.17) is 23.2 Å². The number of anilines is 1. The Morgan fingerprint density at radius 1 is 1.07 bits per heavy atom. The van der Waals surface area contributed by atoms with Crippen LogP contribution in [0.25, 0.3) is 10.4 Å². The van der Waals surface area contributed by atoms with Gasteiger partial charge in [-0.2, -0.15) is 0 Å². The van der Waals surface area contributed by atoms with Crippen LogP contribution in [0.4, 0.5) is 10.5 Å². The summed E-state index contributed by atoms with van der Waals surface area (Å²) in [6, 6.07) is 15.8. The van der Waals surface area contributed by atoms with Crippen molar-refractivity contribution in [1.29, 1.82) is 0 Å². The van der Waals surface area contributed by atoms with E-state index in [-0.39, 0.29) is 10.6 Å². The lowest BCUT2D eigenvalue weighted by atomic mass is 10.2. The summed E-state index contributed by atoms with van der Waals surface area (Å²) in [7, 11) is 1.65. The Morgan fingerprint density at radius 2 is 1.79 bits per heavy atom. The van der Waals surface area contributed by atoms with Crippen LogP contribution in [0.2, 0.25) is 10.0 Å². The number of hydrogen-bond acceptors (Lipinski definition) is 3. The van der Waals surface area contributed by atoms with Crippen LogP contribution in [0.3, 0.4) is 0 Å². The quantitative estimate of drug-likeness (QED) is 0.510. The second kappa shape index (κ2) is 8.65. The van der Waals surface area contributed by atoms with Crippen molar-refractivity contribution in [3.63, 3.8) is 0 Å². The highest BCUT2D eigenvalue weighted by molar-refractivity contribution is 7.18. The van der Waals surface area contributed by atoms with Crippen molar-refractivity contribution in [3.8, 4) is 10.4 Å². The zero-order valence-corrected chi connectivity index (χ0v) is 17.1. The zero-order valence-electron chi connectivity index (χ0n) is 14.8. The Balaban J connectivity index is 1.82. The highest BCUT2D eigenvalue weighted by atomic mass is 35.5. The van der Waals surface area contributed by atoms with E-state index in [0.29, 0.717) is 21.5 Å². The molecule has 0 aliphatic carbocycles. The smallest absolute Gasteiger partial charge is 0.348 e. The average molecular weight is 435 g/mol. The molecular weight excluding hydrogens is 419 g/mol. The minimum atomic E-state index is -1.11. The summed E-state index contributed by atoms with van der Waals surface area (Å²) in [5.74, 6) is -1.11. The molecule has 5 nitrogen and oxygen atoms in total. The first-order valence-corrected chi connectivity index (χ1v) is 9.81. The number of nitrogens with zero attached hydrogens (tertiary/aromatic N) is 1. The normalized spacial score (nSPS) is 10.5. The predicted octanol–water partition coefficient (Wildman–Crippen LogP) is 6.08. The van der Waals surface area contributed by atoms with Gasteiger partial charge in [0.2, 0.25) is 0 Å². The van der Waals surface area contributed by atoms with Gasteiger partial charge in [0.1, 0.15) is 4.88 Å². The van der Waals surface area contributed by atoms with Crippen molar-refractivity contribution < 1.29 is 14.7 Å². The number of thiophene rings is 1. The molecule has 0 atom stereocenters. The molecule has 0 fully saturated rings. The van der Waals surface area contributed by atoms with E-state index in [1.807, 2.05) is 30.3 Å². The lowest BCUT2D eigenvalue weighted by molar-refractivity contribution is 0.0703. The fraction of sp³-hybridized carbons (Fsp3) is 0.100. The summed E-state index contributed by atoms with van der Waals surface area (Å²) in [6.45, 7) is 0.402. The Labute approximate surface area is 176 Å². The first-order chi connectivity index (χ1) is 13.3. The number of rotatable bonds is 5. The van der Waals surface area contributed by atoms with E-state index in [1.54, 1.807) is 31.3 Å². The molecule has 8 heteroatoms. The third-order valence-corrected chi connectivity index (χ3v) is 5.89. The van der Waals surface area contributed by atoms with Crippen molar-refractivity contribution in [2.75, 3.05) is 12.4 Å². The fourth-order valence-electron chi connectivity index (χ4n) is 2.57. The minimum Gasteiger partial charge on any atom is -0.477 e. The topological polar surface area (TPSA) is 69.6 Å². The summed E-state index contributed by atoms with van der Waals surface area (Å²) in [6.07, 6.45) is 0. The fourth-order valence-corrected chi connectivity index (χ4v) is 3.82. The third-order valence-electron chi connectivity index (χ3n) is 3.98. The Bertz CT molecular complexity index is 1020. The molecule has 2 aromatic carbocycles. The molecule has 28 heavy (non-hydrogen) atoms. The highest BCUT2D eigenvalue weighted by Gasteiger charge is 2.20. The van der Waals surface area contributed by atoms with E-state index in [1.165, 1.54) is 4.90 Å². The molecule has 0 bridgehead atoms. The van der Waals surface area contributed by atoms with E-state index in [2.05, 4.69) is 5.32 Å². The number of benzene rings is 2. The van der Waals surface area contributed by atoms with Gasteiger partial charge in [-0.15, -0.1) is 11.3 Å². The van der Waals surface area contributed by atoms with Gasteiger partial charge in [-0.25, -0.2) is 9.59 Å². The highest BCUT2D eigenvalue weighted by Crippen LogP contribution is 2.37. The molecule has 0 spiro atoms. The minimum absolute atomic E-state index is 0.0440. The van der Waals surface area contributed by atoms with Gasteiger partial charge in [-0.3, -0.25) is 0 Å². The van der Waals surface area contributed by atoms with Gasteiger partial charge in [-0.05, 0) is 29.3 Å². The first kappa shape index (κ1) is 20.2. The monoisotopic (exact) mass is 434 g/mol. The molecule has 1 heterocycles. The van der Waals surface area contributed by atoms with E-state index < -0.39 is 12.0 Å². The summed E-state index contributed by atoms with van der Waals surface area (Å²) in [4.78, 5) is 26.3. The number of carbonyl (C=O) groups is 2. The molecule has 0 unspecified atom stereocenters. The van der Waals surface area contributed by atoms with Gasteiger partial charge in [-0.1, -0.05) is 59.6 Å². The van der Waals surface area contributed by atoms with Crippen molar-refractivity contribution in [2.24, 2.45) is 0 Å². The molecule has 2 amide bonds. The molecule has 0 radical (unpaired) electrons. The number of carboxylic acids is 1. The Morgan fingerprint density at radius 3 is 2.43 bits per heavy atom. The first-order valence-electron chi connectivity index (χ1n) is 8.23.